The number of fused-ring (bicyclic) bond motifs is 1. The first kappa shape index (κ1) is 15.8. The Bertz CT molecular complexity index is 814. The summed E-state index contributed by atoms with van der Waals surface area (Å²) >= 11 is 0. The quantitative estimate of drug-likeness (QED) is 0.879. The number of carbonyl (C=O) groups is 1. The van der Waals surface area contributed by atoms with Gasteiger partial charge in [0.1, 0.15) is 5.75 Å². The van der Waals surface area contributed by atoms with Crippen LogP contribution in [0.3, 0.4) is 0 Å². The molecule has 0 radical (unpaired) electrons. The molecule has 1 aromatic rings. The van der Waals surface area contributed by atoms with E-state index in [1.807, 2.05) is 6.07 Å². The van der Waals surface area contributed by atoms with Gasteiger partial charge in [-0.15, -0.1) is 0 Å². The Morgan fingerprint density at radius 2 is 2.04 bits per heavy atom. The molecule has 0 saturated heterocycles. The first-order chi connectivity index (χ1) is 11.3. The van der Waals surface area contributed by atoms with Gasteiger partial charge >= 0.3 is 0 Å². The van der Waals surface area contributed by atoms with E-state index in [0.29, 0.717) is 11.3 Å². The summed E-state index contributed by atoms with van der Waals surface area (Å²) < 4.78 is 18.7. The molecule has 3 aliphatic rings. The van der Waals surface area contributed by atoms with Gasteiger partial charge in [-0.1, -0.05) is 18.2 Å². The minimum atomic E-state index is -2.75. The lowest BCUT2D eigenvalue weighted by Gasteiger charge is -2.58. The van der Waals surface area contributed by atoms with Crippen LogP contribution in [0.25, 0.3) is 0 Å². The van der Waals surface area contributed by atoms with Crippen molar-refractivity contribution < 1.29 is 9.00 Å². The highest BCUT2D eigenvalue weighted by Crippen LogP contribution is 2.59. The molecule has 2 aliphatic carbocycles. The van der Waals surface area contributed by atoms with E-state index in [9.17, 15) is 9.00 Å². The zero-order valence-electron chi connectivity index (χ0n) is 13.9. The summed E-state index contributed by atoms with van der Waals surface area (Å²) in [5.74, 6) is 0.161. The third-order valence-electron chi connectivity index (χ3n) is 5.59. The number of para-hydroxylation sites is 1. The molecule has 1 atom stereocenters. The van der Waals surface area contributed by atoms with Gasteiger partial charge in [0, 0.05) is 24.4 Å². The lowest BCUT2D eigenvalue weighted by atomic mass is 9.49. The van der Waals surface area contributed by atoms with Crippen molar-refractivity contribution >= 4 is 27.0 Å². The Kier molecular flexibility index (Phi) is 3.56. The Morgan fingerprint density at radius 3 is 2.71 bits per heavy atom. The molecule has 1 amide bonds. The Morgan fingerprint density at radius 1 is 1.33 bits per heavy atom. The van der Waals surface area contributed by atoms with Crippen LogP contribution in [0.1, 0.15) is 31.2 Å². The third-order valence-corrected chi connectivity index (χ3v) is 6.40. The van der Waals surface area contributed by atoms with Gasteiger partial charge in [-0.3, -0.25) is 14.6 Å². The van der Waals surface area contributed by atoms with E-state index >= 15 is 0 Å². The summed E-state index contributed by atoms with van der Waals surface area (Å²) in [6, 6.07) is 8.56. The monoisotopic (exact) mass is 345 g/mol. The Labute approximate surface area is 142 Å². The largest absolute Gasteiger partial charge is 0.353 e. The van der Waals surface area contributed by atoms with Crippen LogP contribution >= 0.6 is 0 Å². The number of hydrogen-bond donors (Lipinski definition) is 2. The van der Waals surface area contributed by atoms with Crippen LogP contribution in [-0.4, -0.2) is 33.9 Å². The average Bonchev–Trinajstić information content (AvgIpc) is 2.80. The van der Waals surface area contributed by atoms with Gasteiger partial charge in [0.2, 0.25) is 5.91 Å². The molecule has 1 heterocycles. The number of rotatable bonds is 4. The molecule has 1 aliphatic heterocycles. The first-order valence-electron chi connectivity index (χ1n) is 8.48. The number of nitrogens with one attached hydrogen (secondary N) is 2. The number of carbonyl (C=O) groups excluding carboxylic acids is 1. The molecule has 2 saturated carbocycles. The standard InChI is InChI=1S/C18H23N3O2S/c1-24(19,23)11-17(22)20-14-9-18(10-14)7-13(8-18)16-6-12-4-2-3-5-15(12)21-16/h2-5,13-14,19H,6-11H2,1H3,(H,20,22). The van der Waals surface area contributed by atoms with Gasteiger partial charge in [0.25, 0.3) is 0 Å². The lowest BCUT2D eigenvalue weighted by molar-refractivity contribution is -0.122. The van der Waals surface area contributed by atoms with Crippen LogP contribution in [-0.2, 0) is 20.9 Å². The SMILES string of the molecule is CS(=N)(=O)CC(=O)NC1CC2(C1)CC(C1=Nc3ccccc3C1)C2. The maximum Gasteiger partial charge on any atom is 0.233 e. The molecule has 6 heteroatoms. The summed E-state index contributed by atoms with van der Waals surface area (Å²) in [4.78, 5) is 16.5. The summed E-state index contributed by atoms with van der Waals surface area (Å²) in [7, 11) is -2.75. The highest BCUT2D eigenvalue weighted by Gasteiger charge is 2.54. The van der Waals surface area contributed by atoms with Crippen molar-refractivity contribution in [2.75, 3.05) is 12.0 Å². The second-order valence-electron chi connectivity index (χ2n) is 7.84. The van der Waals surface area contributed by atoms with Crippen molar-refractivity contribution in [1.82, 2.24) is 5.32 Å². The minimum absolute atomic E-state index is 0.186. The van der Waals surface area contributed by atoms with Gasteiger partial charge in [0.05, 0.1) is 15.4 Å². The van der Waals surface area contributed by atoms with Crippen molar-refractivity contribution in [2.45, 2.75) is 38.1 Å². The van der Waals surface area contributed by atoms with Crippen molar-refractivity contribution in [3.63, 3.8) is 0 Å². The predicted molar refractivity (Wildman–Crippen MR) is 95.2 cm³/mol. The molecule has 24 heavy (non-hydrogen) atoms. The fourth-order valence-electron chi connectivity index (χ4n) is 4.56. The molecule has 0 aromatic heterocycles. The first-order valence-corrected chi connectivity index (χ1v) is 10.6. The van der Waals surface area contributed by atoms with Gasteiger partial charge in [0.15, 0.2) is 0 Å². The van der Waals surface area contributed by atoms with Crippen molar-refractivity contribution in [3.05, 3.63) is 29.8 Å². The fourth-order valence-corrected chi connectivity index (χ4v) is 5.14. The maximum atomic E-state index is 11.7. The van der Waals surface area contributed by atoms with Gasteiger partial charge < -0.3 is 5.32 Å². The molecule has 1 unspecified atom stereocenters. The van der Waals surface area contributed by atoms with Crippen LogP contribution in [0, 0.1) is 16.1 Å². The van der Waals surface area contributed by atoms with E-state index in [1.54, 1.807) is 0 Å². The topological polar surface area (TPSA) is 82.4 Å². The smallest absolute Gasteiger partial charge is 0.233 e. The summed E-state index contributed by atoms with van der Waals surface area (Å²) in [6.07, 6.45) is 6.68. The molecule has 2 fully saturated rings. The summed E-state index contributed by atoms with van der Waals surface area (Å²) in [5, 5.41) is 2.93. The zero-order chi connectivity index (χ0) is 16.9. The molecule has 1 aromatic carbocycles. The van der Waals surface area contributed by atoms with Crippen molar-refractivity contribution in [3.8, 4) is 0 Å². The molecule has 1 spiro atoms. The van der Waals surface area contributed by atoms with Gasteiger partial charge in [-0.25, -0.2) is 4.21 Å². The van der Waals surface area contributed by atoms with Crippen LogP contribution in [0.5, 0.6) is 0 Å². The molecule has 128 valence electrons. The number of benzene rings is 1. The number of amides is 1. The Balaban J connectivity index is 1.26. The summed E-state index contributed by atoms with van der Waals surface area (Å²) in [6.45, 7) is 0. The second-order valence-corrected chi connectivity index (χ2v) is 10.1. The highest BCUT2D eigenvalue weighted by atomic mass is 32.2. The van der Waals surface area contributed by atoms with E-state index in [1.165, 1.54) is 30.4 Å². The van der Waals surface area contributed by atoms with E-state index in [-0.39, 0.29) is 17.7 Å². The lowest BCUT2D eigenvalue weighted by Crippen LogP contribution is -2.57. The Hall–Kier alpha value is -1.69. The fraction of sp³-hybridized carbons (Fsp3) is 0.556. The van der Waals surface area contributed by atoms with E-state index in [0.717, 1.165) is 24.9 Å². The summed E-state index contributed by atoms with van der Waals surface area (Å²) in [5.41, 5.74) is 4.18. The second kappa shape index (κ2) is 5.41. The predicted octanol–water partition coefficient (Wildman–Crippen LogP) is 2.67. The average molecular weight is 345 g/mol. The molecular weight excluding hydrogens is 322 g/mol. The molecule has 4 rings (SSSR count). The van der Waals surface area contributed by atoms with Gasteiger partial charge in [-0.2, -0.15) is 0 Å². The number of hydrogen-bond acceptors (Lipinski definition) is 4. The van der Waals surface area contributed by atoms with Crippen LogP contribution in [0.2, 0.25) is 0 Å². The number of aliphatic imine (C=N–C) groups is 1. The number of nitrogens with zero attached hydrogens (tertiary/aromatic N) is 1. The maximum absolute atomic E-state index is 11.7. The van der Waals surface area contributed by atoms with E-state index in [2.05, 4.69) is 23.5 Å². The zero-order valence-corrected chi connectivity index (χ0v) is 14.7. The third kappa shape index (κ3) is 2.99. The molecule has 0 bridgehead atoms. The minimum Gasteiger partial charge on any atom is -0.353 e. The van der Waals surface area contributed by atoms with Gasteiger partial charge in [-0.05, 0) is 48.6 Å². The van der Waals surface area contributed by atoms with Crippen LogP contribution in [0.4, 0.5) is 5.69 Å². The molecule has 5 nitrogen and oxygen atoms in total. The van der Waals surface area contributed by atoms with Crippen molar-refractivity contribution in [1.29, 1.82) is 4.78 Å². The van der Waals surface area contributed by atoms with E-state index < -0.39 is 9.73 Å². The van der Waals surface area contributed by atoms with E-state index in [4.69, 9.17) is 9.77 Å². The van der Waals surface area contributed by atoms with Crippen molar-refractivity contribution in [2.24, 2.45) is 16.3 Å². The normalized spacial score (nSPS) is 33.0. The molecular formula is C18H23N3O2S. The molecule has 2 N–H and O–H groups in total. The van der Waals surface area contributed by atoms with Crippen LogP contribution < -0.4 is 5.32 Å². The van der Waals surface area contributed by atoms with Crippen LogP contribution in [0.15, 0.2) is 29.3 Å². The highest BCUT2D eigenvalue weighted by molar-refractivity contribution is 7.92.